The molecule has 2 fully saturated rings. The summed E-state index contributed by atoms with van der Waals surface area (Å²) in [6.07, 6.45) is 4.68. The Hall–Kier alpha value is -2.84. The Balaban J connectivity index is 1.39. The largest absolute Gasteiger partial charge is 0.497 e. The van der Waals surface area contributed by atoms with E-state index in [1.165, 1.54) is 0 Å². The van der Waals surface area contributed by atoms with Gasteiger partial charge in [0.25, 0.3) is 11.8 Å². The number of amides is 1. The molecular weight excluding hydrogens is 605 g/mol. The van der Waals surface area contributed by atoms with Crippen molar-refractivity contribution in [3.63, 3.8) is 0 Å². The van der Waals surface area contributed by atoms with Crippen LogP contribution in [-0.2, 0) is 14.3 Å². The Bertz CT molecular complexity index is 1310. The average molecular weight is 635 g/mol. The third-order valence-corrected chi connectivity index (χ3v) is 7.51. The standard InChI is InChI=1S/C26H30IN5O6/c1-34-20-9-16-8-17(10-20)28-4-5-31-18(11-22(26(31)33)36-7-3-27)14-38-25-23(37-15-19-2-6-35-19)13-32-24(30-25)21(16)12-29-32/h8-10,12-13,18-19,22,28H,2-7,11,14-15H2,1H3/t18-,19?,22+/m0/s1. The number of aromatic nitrogens is 3. The third-order valence-electron chi connectivity index (χ3n) is 7.07. The summed E-state index contributed by atoms with van der Waals surface area (Å²) in [5.41, 5.74) is 3.25. The lowest BCUT2D eigenvalue weighted by molar-refractivity contribution is -0.137. The molecule has 202 valence electrons. The molecule has 0 aliphatic carbocycles. The van der Waals surface area contributed by atoms with Gasteiger partial charge in [-0.15, -0.1) is 0 Å². The average Bonchev–Trinajstić information content (AvgIpc) is 3.44. The lowest BCUT2D eigenvalue weighted by atomic mass is 10.1. The maximum Gasteiger partial charge on any atom is 0.260 e. The predicted octanol–water partition coefficient (Wildman–Crippen LogP) is 2.80. The van der Waals surface area contributed by atoms with Crippen LogP contribution >= 0.6 is 22.6 Å². The highest BCUT2D eigenvalue weighted by Gasteiger charge is 2.40. The molecular formula is C26H30IN5O6. The molecule has 0 saturated carbocycles. The molecule has 2 saturated heterocycles. The van der Waals surface area contributed by atoms with Gasteiger partial charge in [0, 0.05) is 54.3 Å². The van der Waals surface area contributed by atoms with Gasteiger partial charge in [-0.25, -0.2) is 4.52 Å². The number of hydrogen-bond acceptors (Lipinski definition) is 9. The van der Waals surface area contributed by atoms with E-state index in [0.29, 0.717) is 55.8 Å². The first-order chi connectivity index (χ1) is 18.6. The zero-order valence-corrected chi connectivity index (χ0v) is 23.3. The number of carbonyl (C=O) groups excluding carboxylic acids is 1. The van der Waals surface area contributed by atoms with E-state index in [9.17, 15) is 4.79 Å². The van der Waals surface area contributed by atoms with Gasteiger partial charge < -0.3 is 33.9 Å². The maximum atomic E-state index is 13.2. The Labute approximate surface area is 233 Å². The lowest BCUT2D eigenvalue weighted by Gasteiger charge is -2.27. The van der Waals surface area contributed by atoms with Gasteiger partial charge in [0.2, 0.25) is 0 Å². The summed E-state index contributed by atoms with van der Waals surface area (Å²) in [6, 6.07) is 5.76. The van der Waals surface area contributed by atoms with E-state index < -0.39 is 6.10 Å². The molecule has 4 bridgehead atoms. The first kappa shape index (κ1) is 25.4. The van der Waals surface area contributed by atoms with Crippen LogP contribution in [0.5, 0.6) is 17.4 Å². The quantitative estimate of drug-likeness (QED) is 0.310. The molecule has 11 nitrogen and oxygen atoms in total. The molecule has 3 atom stereocenters. The Morgan fingerprint density at radius 1 is 1.29 bits per heavy atom. The maximum absolute atomic E-state index is 13.2. The number of nitrogens with zero attached hydrogens (tertiary/aromatic N) is 4. The van der Waals surface area contributed by atoms with Gasteiger partial charge in [-0.1, -0.05) is 22.6 Å². The van der Waals surface area contributed by atoms with E-state index in [1.807, 2.05) is 23.1 Å². The summed E-state index contributed by atoms with van der Waals surface area (Å²) in [4.78, 5) is 19.9. The summed E-state index contributed by atoms with van der Waals surface area (Å²) in [6.45, 7) is 3.04. The van der Waals surface area contributed by atoms with E-state index >= 15 is 0 Å². The van der Waals surface area contributed by atoms with Crippen LogP contribution in [0.3, 0.4) is 0 Å². The van der Waals surface area contributed by atoms with E-state index in [-0.39, 0.29) is 24.7 Å². The molecule has 2 aromatic heterocycles. The molecule has 38 heavy (non-hydrogen) atoms. The molecule has 0 spiro atoms. The number of ether oxygens (including phenoxy) is 5. The Kier molecular flexibility index (Phi) is 7.43. The number of benzene rings is 1. The van der Waals surface area contributed by atoms with Crippen molar-refractivity contribution >= 4 is 39.8 Å². The van der Waals surface area contributed by atoms with Gasteiger partial charge in [0.15, 0.2) is 11.4 Å². The summed E-state index contributed by atoms with van der Waals surface area (Å²) < 4.78 is 31.9. The molecule has 1 aromatic carbocycles. The zero-order chi connectivity index (χ0) is 26.1. The minimum absolute atomic E-state index is 0.0104. The second kappa shape index (κ2) is 11.1. The summed E-state index contributed by atoms with van der Waals surface area (Å²) in [5.74, 6) is 1.54. The fourth-order valence-corrected chi connectivity index (χ4v) is 5.23. The second-order valence-electron chi connectivity index (χ2n) is 9.49. The van der Waals surface area contributed by atoms with Crippen LogP contribution in [0.25, 0.3) is 16.8 Å². The van der Waals surface area contributed by atoms with Crippen LogP contribution in [-0.4, -0.2) is 94.7 Å². The smallest absolute Gasteiger partial charge is 0.260 e. The number of carbonyl (C=O) groups is 1. The molecule has 6 rings (SSSR count). The van der Waals surface area contributed by atoms with Gasteiger partial charge in [-0.2, -0.15) is 10.1 Å². The fourth-order valence-electron chi connectivity index (χ4n) is 4.97. The van der Waals surface area contributed by atoms with Crippen LogP contribution in [0.2, 0.25) is 0 Å². The van der Waals surface area contributed by atoms with Crippen molar-refractivity contribution in [1.82, 2.24) is 19.5 Å². The number of nitrogens with one attached hydrogen (secondary N) is 1. The van der Waals surface area contributed by atoms with Gasteiger partial charge in [0.1, 0.15) is 25.1 Å². The molecule has 3 aromatic rings. The van der Waals surface area contributed by atoms with Gasteiger partial charge in [-0.05, 0) is 17.7 Å². The number of alkyl halides is 1. The number of hydrogen-bond donors (Lipinski definition) is 1. The lowest BCUT2D eigenvalue weighted by Crippen LogP contribution is -2.41. The third kappa shape index (κ3) is 5.08. The topological polar surface area (TPSA) is 109 Å². The Morgan fingerprint density at radius 3 is 2.97 bits per heavy atom. The normalized spacial score (nSPS) is 22.8. The van der Waals surface area contributed by atoms with E-state index in [1.54, 1.807) is 24.0 Å². The summed E-state index contributed by atoms with van der Waals surface area (Å²) in [7, 11) is 1.64. The minimum atomic E-state index is -0.471. The van der Waals surface area contributed by atoms with Crippen molar-refractivity contribution < 1.29 is 28.5 Å². The molecule has 1 unspecified atom stereocenters. The van der Waals surface area contributed by atoms with Crippen LogP contribution in [0.15, 0.2) is 30.6 Å². The van der Waals surface area contributed by atoms with E-state index in [0.717, 1.165) is 34.3 Å². The summed E-state index contributed by atoms with van der Waals surface area (Å²) >= 11 is 2.25. The number of anilines is 1. The fraction of sp³-hybridized carbons (Fsp3) is 0.500. The molecule has 0 radical (unpaired) electrons. The van der Waals surface area contributed by atoms with E-state index in [4.69, 9.17) is 28.7 Å². The zero-order valence-electron chi connectivity index (χ0n) is 21.1. The van der Waals surface area contributed by atoms with Crippen molar-refractivity contribution in [1.29, 1.82) is 0 Å². The number of fused-ring (bicyclic) bond motifs is 5. The van der Waals surface area contributed by atoms with Crippen molar-refractivity contribution in [3.8, 4) is 28.5 Å². The molecule has 5 heterocycles. The Morgan fingerprint density at radius 2 is 2.18 bits per heavy atom. The molecule has 12 heteroatoms. The molecule has 1 N–H and O–H groups in total. The SMILES string of the molecule is COc1cc2cc(c1)-c1cnn3cc(OCC4CCO4)c(nc13)OC[C@@H]1C[C@@H](OCCI)C(=O)N1CCN2. The van der Waals surface area contributed by atoms with Crippen molar-refractivity contribution in [2.24, 2.45) is 0 Å². The number of methoxy groups -OCH3 is 1. The van der Waals surface area contributed by atoms with Crippen LogP contribution in [0, 0.1) is 0 Å². The van der Waals surface area contributed by atoms with Crippen LogP contribution < -0.4 is 19.5 Å². The van der Waals surface area contributed by atoms with Crippen LogP contribution in [0.4, 0.5) is 5.69 Å². The highest BCUT2D eigenvalue weighted by Crippen LogP contribution is 2.35. The monoisotopic (exact) mass is 635 g/mol. The molecule has 3 aliphatic heterocycles. The minimum Gasteiger partial charge on any atom is -0.497 e. The van der Waals surface area contributed by atoms with Crippen molar-refractivity contribution in [3.05, 3.63) is 30.6 Å². The van der Waals surface area contributed by atoms with Gasteiger partial charge in [-0.3, -0.25) is 4.79 Å². The molecule has 1 amide bonds. The van der Waals surface area contributed by atoms with Gasteiger partial charge in [0.05, 0.1) is 38.3 Å². The van der Waals surface area contributed by atoms with E-state index in [2.05, 4.69) is 33.0 Å². The highest BCUT2D eigenvalue weighted by molar-refractivity contribution is 14.1. The first-order valence-electron chi connectivity index (χ1n) is 12.8. The predicted molar refractivity (Wildman–Crippen MR) is 148 cm³/mol. The van der Waals surface area contributed by atoms with Crippen molar-refractivity contribution in [2.45, 2.75) is 31.1 Å². The van der Waals surface area contributed by atoms with Gasteiger partial charge >= 0.3 is 0 Å². The number of halogens is 1. The number of rotatable bonds is 7. The first-order valence-corrected chi connectivity index (χ1v) is 14.3. The molecule has 3 aliphatic rings. The second-order valence-corrected chi connectivity index (χ2v) is 10.6. The van der Waals surface area contributed by atoms with Crippen LogP contribution in [0.1, 0.15) is 12.8 Å². The summed E-state index contributed by atoms with van der Waals surface area (Å²) in [5, 5.41) is 7.99. The highest BCUT2D eigenvalue weighted by atomic mass is 127. The van der Waals surface area contributed by atoms with Crippen molar-refractivity contribution in [2.75, 3.05) is 56.4 Å².